The number of hydrogen-bond acceptors (Lipinski definition) is 6. The molecule has 1 aliphatic rings. The van der Waals surface area contributed by atoms with Crippen molar-refractivity contribution >= 4 is 31.7 Å². The first kappa shape index (κ1) is 15.1. The van der Waals surface area contributed by atoms with Crippen molar-refractivity contribution in [2.45, 2.75) is 19.4 Å². The van der Waals surface area contributed by atoms with Gasteiger partial charge in [-0.15, -0.1) is 0 Å². The van der Waals surface area contributed by atoms with Gasteiger partial charge < -0.3 is 0 Å². The van der Waals surface area contributed by atoms with Crippen LogP contribution in [0.5, 0.6) is 0 Å². The van der Waals surface area contributed by atoms with E-state index in [0.717, 1.165) is 6.26 Å². The molecule has 0 radical (unpaired) electrons. The Hall–Kier alpha value is -1.00. The van der Waals surface area contributed by atoms with E-state index in [-0.39, 0.29) is 6.42 Å². The van der Waals surface area contributed by atoms with Crippen LogP contribution in [0.4, 0.5) is 0 Å². The number of amides is 2. The lowest BCUT2D eigenvalue weighted by Crippen LogP contribution is -2.60. The summed E-state index contributed by atoms with van der Waals surface area (Å²) >= 11 is 0. The standard InChI is InChI=1S/C8H14N2O6S2/c1-3-6-8(12)9-7(11)4-10(6)18(15,16)5-17(2,13)14/h6H,3-5H2,1-2H3,(H,9,11,12). The molecule has 0 aromatic heterocycles. The average molecular weight is 298 g/mol. The number of hydrogen-bond donors (Lipinski definition) is 1. The van der Waals surface area contributed by atoms with E-state index in [1.54, 1.807) is 6.92 Å². The molecule has 0 spiro atoms. The first-order valence-electron chi connectivity index (χ1n) is 5.08. The maximum absolute atomic E-state index is 11.9. The third-order valence-electron chi connectivity index (χ3n) is 2.32. The molecule has 0 aromatic rings. The molecule has 1 fully saturated rings. The van der Waals surface area contributed by atoms with Crippen LogP contribution in [0.2, 0.25) is 0 Å². The van der Waals surface area contributed by atoms with Crippen molar-refractivity contribution < 1.29 is 26.4 Å². The second-order valence-electron chi connectivity index (χ2n) is 4.04. The van der Waals surface area contributed by atoms with Gasteiger partial charge in [0.05, 0.1) is 6.54 Å². The third kappa shape index (κ3) is 3.50. The predicted octanol–water partition coefficient (Wildman–Crippen LogP) is -1.94. The smallest absolute Gasteiger partial charge is 0.245 e. The summed E-state index contributed by atoms with van der Waals surface area (Å²) in [4.78, 5) is 22.6. The average Bonchev–Trinajstić information content (AvgIpc) is 2.12. The fraction of sp³-hybridized carbons (Fsp3) is 0.750. The zero-order chi connectivity index (χ0) is 14.1. The van der Waals surface area contributed by atoms with Crippen LogP contribution in [0.15, 0.2) is 0 Å². The van der Waals surface area contributed by atoms with Gasteiger partial charge in [-0.25, -0.2) is 16.8 Å². The largest absolute Gasteiger partial charge is 0.294 e. The van der Waals surface area contributed by atoms with Crippen LogP contribution in [-0.4, -0.2) is 56.9 Å². The third-order valence-corrected chi connectivity index (χ3v) is 6.32. The molecule has 104 valence electrons. The molecule has 1 unspecified atom stereocenters. The van der Waals surface area contributed by atoms with Gasteiger partial charge in [0.2, 0.25) is 21.8 Å². The van der Waals surface area contributed by atoms with Crippen molar-refractivity contribution in [3.05, 3.63) is 0 Å². The zero-order valence-corrected chi connectivity index (χ0v) is 11.5. The van der Waals surface area contributed by atoms with Crippen LogP contribution in [-0.2, 0) is 29.4 Å². The van der Waals surface area contributed by atoms with Crippen LogP contribution >= 0.6 is 0 Å². The normalized spacial score (nSPS) is 22.9. The number of imide groups is 1. The van der Waals surface area contributed by atoms with Crippen LogP contribution in [0.25, 0.3) is 0 Å². The van der Waals surface area contributed by atoms with Crippen LogP contribution in [0.1, 0.15) is 13.3 Å². The number of nitrogens with zero attached hydrogens (tertiary/aromatic N) is 1. The SMILES string of the molecule is CCC1C(=O)NC(=O)CN1S(=O)(=O)CS(C)(=O)=O. The second-order valence-corrected chi connectivity index (χ2v) is 8.46. The summed E-state index contributed by atoms with van der Waals surface area (Å²) in [5.41, 5.74) is 0. The van der Waals surface area contributed by atoms with Gasteiger partial charge in [-0.1, -0.05) is 6.92 Å². The van der Waals surface area contributed by atoms with Gasteiger partial charge >= 0.3 is 0 Å². The molecular formula is C8H14N2O6S2. The topological polar surface area (TPSA) is 118 Å². The van der Waals surface area contributed by atoms with Crippen molar-refractivity contribution in [1.29, 1.82) is 0 Å². The minimum absolute atomic E-state index is 0.155. The summed E-state index contributed by atoms with van der Waals surface area (Å²) in [5, 5.41) is 0.898. The van der Waals surface area contributed by atoms with Gasteiger partial charge in [0.25, 0.3) is 0 Å². The lowest BCUT2D eigenvalue weighted by molar-refractivity contribution is -0.137. The van der Waals surface area contributed by atoms with Crippen molar-refractivity contribution in [3.63, 3.8) is 0 Å². The molecule has 8 nitrogen and oxygen atoms in total. The molecule has 0 bridgehead atoms. The molecule has 0 aromatic carbocycles. The summed E-state index contributed by atoms with van der Waals surface area (Å²) in [6.45, 7) is 1.03. The highest BCUT2D eigenvalue weighted by Crippen LogP contribution is 2.15. The number of piperazine rings is 1. The molecular weight excluding hydrogens is 284 g/mol. The molecule has 1 N–H and O–H groups in total. The molecule has 10 heteroatoms. The molecule has 1 heterocycles. The Morgan fingerprint density at radius 3 is 2.28 bits per heavy atom. The summed E-state index contributed by atoms with van der Waals surface area (Å²) in [6, 6.07) is -1.05. The van der Waals surface area contributed by atoms with Gasteiger partial charge in [-0.2, -0.15) is 4.31 Å². The molecule has 1 rings (SSSR count). The van der Waals surface area contributed by atoms with Gasteiger partial charge in [0.1, 0.15) is 6.04 Å². The monoisotopic (exact) mass is 298 g/mol. The van der Waals surface area contributed by atoms with E-state index >= 15 is 0 Å². The highest BCUT2D eigenvalue weighted by molar-refractivity contribution is 8.06. The van der Waals surface area contributed by atoms with Gasteiger partial charge in [0, 0.05) is 6.26 Å². The van der Waals surface area contributed by atoms with Crippen molar-refractivity contribution in [1.82, 2.24) is 9.62 Å². The minimum Gasteiger partial charge on any atom is -0.294 e. The lowest BCUT2D eigenvalue weighted by atomic mass is 10.2. The van der Waals surface area contributed by atoms with E-state index in [1.165, 1.54) is 0 Å². The highest BCUT2D eigenvalue weighted by atomic mass is 32.3. The Morgan fingerprint density at radius 2 is 1.83 bits per heavy atom. The molecule has 1 saturated heterocycles. The van der Waals surface area contributed by atoms with Gasteiger partial charge in [-0.05, 0) is 6.42 Å². The van der Waals surface area contributed by atoms with Crippen LogP contribution in [0.3, 0.4) is 0 Å². The van der Waals surface area contributed by atoms with Gasteiger partial charge in [0.15, 0.2) is 14.9 Å². The second kappa shape index (κ2) is 4.94. The van der Waals surface area contributed by atoms with E-state index in [0.29, 0.717) is 4.31 Å². The first-order valence-corrected chi connectivity index (χ1v) is 8.74. The van der Waals surface area contributed by atoms with E-state index in [4.69, 9.17) is 0 Å². The molecule has 0 saturated carbocycles. The summed E-state index contributed by atoms with van der Waals surface area (Å²) in [5.74, 6) is -1.49. The summed E-state index contributed by atoms with van der Waals surface area (Å²) in [6.07, 6.45) is 0.930. The number of sulfone groups is 1. The van der Waals surface area contributed by atoms with E-state index in [9.17, 15) is 26.4 Å². The van der Waals surface area contributed by atoms with Crippen LogP contribution < -0.4 is 5.32 Å². The Kier molecular flexibility index (Phi) is 4.13. The van der Waals surface area contributed by atoms with Gasteiger partial charge in [-0.3, -0.25) is 14.9 Å². The summed E-state index contributed by atoms with van der Waals surface area (Å²) in [7, 11) is -7.97. The van der Waals surface area contributed by atoms with Crippen molar-refractivity contribution in [3.8, 4) is 0 Å². The Labute approximate surface area is 105 Å². The fourth-order valence-electron chi connectivity index (χ4n) is 1.66. The molecule has 0 aliphatic carbocycles. The number of rotatable bonds is 4. The van der Waals surface area contributed by atoms with E-state index in [2.05, 4.69) is 0 Å². The number of nitrogens with one attached hydrogen (secondary N) is 1. The molecule has 1 atom stereocenters. The first-order chi connectivity index (χ1) is 8.07. The number of carbonyl (C=O) groups is 2. The molecule has 2 amide bonds. The highest BCUT2D eigenvalue weighted by Gasteiger charge is 2.40. The predicted molar refractivity (Wildman–Crippen MR) is 62.6 cm³/mol. The molecule has 1 aliphatic heterocycles. The van der Waals surface area contributed by atoms with E-state index in [1.807, 2.05) is 5.32 Å². The Balaban J connectivity index is 3.11. The maximum atomic E-state index is 11.9. The molecule has 18 heavy (non-hydrogen) atoms. The van der Waals surface area contributed by atoms with Crippen molar-refractivity contribution in [2.75, 3.05) is 17.9 Å². The fourth-order valence-corrected chi connectivity index (χ4v) is 5.31. The zero-order valence-electron chi connectivity index (χ0n) is 9.91. The maximum Gasteiger partial charge on any atom is 0.245 e. The van der Waals surface area contributed by atoms with Crippen LogP contribution in [0, 0.1) is 0 Å². The summed E-state index contributed by atoms with van der Waals surface area (Å²) < 4.78 is 46.5. The number of carbonyl (C=O) groups excluding carboxylic acids is 2. The quantitative estimate of drug-likeness (QED) is 0.603. The Morgan fingerprint density at radius 1 is 1.28 bits per heavy atom. The van der Waals surface area contributed by atoms with Crippen molar-refractivity contribution in [2.24, 2.45) is 0 Å². The Bertz CT molecular complexity index is 564. The lowest BCUT2D eigenvalue weighted by Gasteiger charge is -2.31. The minimum atomic E-state index is -4.20. The van der Waals surface area contributed by atoms with E-state index < -0.39 is 49.3 Å². The number of sulfonamides is 1.